The molecule has 0 aromatic carbocycles. The number of carbonyl (C=O) groups is 3. The fraction of sp³-hybridized carbons (Fsp3) is 0.837. The van der Waals surface area contributed by atoms with Crippen molar-refractivity contribution < 1.29 is 55.5 Å². The van der Waals surface area contributed by atoms with Crippen molar-refractivity contribution in [3.8, 4) is 0 Å². The van der Waals surface area contributed by atoms with E-state index in [-0.39, 0.29) is 12.8 Å². The van der Waals surface area contributed by atoms with Crippen LogP contribution in [0.1, 0.15) is 194 Å². The van der Waals surface area contributed by atoms with Crippen molar-refractivity contribution in [2.24, 2.45) is 0 Å². The molecule has 14 heteroatoms. The number of alkyl halides is 3. The molecule has 2 N–H and O–H groups in total. The third-order valence-corrected chi connectivity index (χ3v) is 10.3. The number of hydrogen-bond donors (Lipinski definition) is 2. The van der Waals surface area contributed by atoms with Gasteiger partial charge < -0.3 is 19.7 Å². The topological polar surface area (TPSA) is 137 Å². The van der Waals surface area contributed by atoms with Crippen LogP contribution < -0.4 is 5.32 Å². The summed E-state index contributed by atoms with van der Waals surface area (Å²) in [5, 5.41) is 1.51. The highest BCUT2D eigenvalue weighted by atomic mass is 31.2. The fourth-order valence-electron chi connectivity index (χ4n) is 5.94. The van der Waals surface area contributed by atoms with Crippen molar-refractivity contribution >= 4 is 25.7 Å². The summed E-state index contributed by atoms with van der Waals surface area (Å²) in [7, 11) is -4.81. The first-order valence-corrected chi connectivity index (χ1v) is 23.5. The quantitative estimate of drug-likeness (QED) is 0.0267. The number of ether oxygens (including phenoxy) is 2. The van der Waals surface area contributed by atoms with Gasteiger partial charge in [0, 0.05) is 19.4 Å². The molecule has 0 bridgehead atoms. The van der Waals surface area contributed by atoms with E-state index in [1.807, 2.05) is 0 Å². The normalized spacial score (nSPS) is 13.6. The lowest BCUT2D eigenvalue weighted by Gasteiger charge is -2.20. The Kier molecular flexibility index (Phi) is 36.5. The number of carbonyl (C=O) groups excluding carboxylic acids is 3. The molecule has 0 aromatic heterocycles. The lowest BCUT2D eigenvalue weighted by atomic mass is 10.1. The summed E-state index contributed by atoms with van der Waals surface area (Å²) in [4.78, 5) is 45.9. The van der Waals surface area contributed by atoms with Gasteiger partial charge in [0.25, 0.3) is 0 Å². The predicted molar refractivity (Wildman–Crippen MR) is 221 cm³/mol. The Hall–Kier alpha value is -2.21. The molecule has 0 saturated carbocycles. The van der Waals surface area contributed by atoms with E-state index in [2.05, 4.69) is 42.7 Å². The highest BCUT2D eigenvalue weighted by molar-refractivity contribution is 7.47. The summed E-state index contributed by atoms with van der Waals surface area (Å²) in [6, 6.07) is 0. The molecule has 0 radical (unpaired) electrons. The van der Waals surface area contributed by atoms with Crippen molar-refractivity contribution in [3.63, 3.8) is 0 Å². The van der Waals surface area contributed by atoms with Crippen LogP contribution in [0.4, 0.5) is 13.2 Å². The maximum atomic E-state index is 12.6. The zero-order chi connectivity index (χ0) is 42.3. The van der Waals surface area contributed by atoms with Crippen LogP contribution >= 0.6 is 7.82 Å². The van der Waals surface area contributed by atoms with Gasteiger partial charge in [0.2, 0.25) is 0 Å². The van der Waals surface area contributed by atoms with Crippen LogP contribution in [0.25, 0.3) is 0 Å². The molecular weight excluding hydrogens is 762 g/mol. The van der Waals surface area contributed by atoms with E-state index in [0.717, 1.165) is 77.0 Å². The van der Waals surface area contributed by atoms with Gasteiger partial charge in [-0.3, -0.25) is 23.4 Å². The lowest BCUT2D eigenvalue weighted by Crippen LogP contribution is -2.38. The first-order chi connectivity index (χ1) is 27.4. The summed E-state index contributed by atoms with van der Waals surface area (Å²) >= 11 is 0. The number of unbranched alkanes of at least 4 members (excludes halogenated alkanes) is 22. The molecule has 0 aromatic rings. The van der Waals surface area contributed by atoms with Crippen LogP contribution in [0.5, 0.6) is 0 Å². The third kappa shape index (κ3) is 39.0. The number of phosphoric acid groups is 1. The molecule has 10 nitrogen and oxygen atoms in total. The number of phosphoric ester groups is 1. The molecule has 0 fully saturated rings. The van der Waals surface area contributed by atoms with Gasteiger partial charge >= 0.3 is 31.8 Å². The maximum absolute atomic E-state index is 12.6. The molecule has 0 spiro atoms. The van der Waals surface area contributed by atoms with E-state index < -0.39 is 64.3 Å². The molecule has 57 heavy (non-hydrogen) atoms. The minimum absolute atomic E-state index is 0.101. The number of esters is 2. The lowest BCUT2D eigenvalue weighted by molar-refractivity contribution is -0.173. The second-order valence-electron chi connectivity index (χ2n) is 14.8. The van der Waals surface area contributed by atoms with Gasteiger partial charge in [0.1, 0.15) is 6.61 Å². The van der Waals surface area contributed by atoms with E-state index in [1.165, 1.54) is 82.4 Å². The summed E-state index contributed by atoms with van der Waals surface area (Å²) in [6.07, 6.45) is 32.1. The van der Waals surface area contributed by atoms with Gasteiger partial charge in [-0.2, -0.15) is 13.2 Å². The van der Waals surface area contributed by atoms with Gasteiger partial charge in [0.05, 0.1) is 13.2 Å². The van der Waals surface area contributed by atoms with Crippen LogP contribution in [0.3, 0.4) is 0 Å². The molecule has 0 aliphatic carbocycles. The van der Waals surface area contributed by atoms with E-state index >= 15 is 0 Å². The van der Waals surface area contributed by atoms with Crippen LogP contribution in [0.2, 0.25) is 0 Å². The summed E-state index contributed by atoms with van der Waals surface area (Å²) in [6.45, 7) is 1.92. The molecule has 0 saturated heterocycles. The van der Waals surface area contributed by atoms with E-state index in [4.69, 9.17) is 14.0 Å². The second kappa shape index (κ2) is 38.0. The van der Waals surface area contributed by atoms with E-state index in [9.17, 15) is 37.0 Å². The average molecular weight is 840 g/mol. The van der Waals surface area contributed by atoms with Crippen molar-refractivity contribution in [2.75, 3.05) is 26.4 Å². The smallest absolute Gasteiger partial charge is 0.462 e. The second-order valence-corrected chi connectivity index (χ2v) is 16.3. The molecule has 2 unspecified atom stereocenters. The largest absolute Gasteiger partial charge is 0.472 e. The van der Waals surface area contributed by atoms with Crippen molar-refractivity contribution in [1.82, 2.24) is 5.32 Å². The Morgan fingerprint density at radius 2 is 1.00 bits per heavy atom. The van der Waals surface area contributed by atoms with Gasteiger partial charge in [-0.05, 0) is 64.2 Å². The third-order valence-electron chi connectivity index (χ3n) is 9.34. The van der Waals surface area contributed by atoms with Crippen LogP contribution in [-0.4, -0.2) is 61.4 Å². The highest BCUT2D eigenvalue weighted by Crippen LogP contribution is 2.43. The number of allylic oxidation sites excluding steroid dienone is 4. The average Bonchev–Trinajstić information content (AvgIpc) is 3.17. The molecule has 0 aliphatic heterocycles. The van der Waals surface area contributed by atoms with Crippen LogP contribution in [0.15, 0.2) is 24.3 Å². The van der Waals surface area contributed by atoms with Gasteiger partial charge in [-0.1, -0.05) is 141 Å². The van der Waals surface area contributed by atoms with Gasteiger partial charge in [0.15, 0.2) is 6.10 Å². The Bertz CT molecular complexity index is 1100. The zero-order valence-corrected chi connectivity index (χ0v) is 36.2. The first kappa shape index (κ1) is 54.8. The highest BCUT2D eigenvalue weighted by Gasteiger charge is 2.38. The molecule has 1 amide bonds. The molecule has 0 rings (SSSR count). The molecule has 334 valence electrons. The van der Waals surface area contributed by atoms with Crippen molar-refractivity contribution in [1.29, 1.82) is 0 Å². The number of amides is 1. The van der Waals surface area contributed by atoms with Crippen LogP contribution in [0, 0.1) is 0 Å². The minimum Gasteiger partial charge on any atom is -0.462 e. The summed E-state index contributed by atoms with van der Waals surface area (Å²) in [5.41, 5.74) is 0. The number of nitrogens with one attached hydrogen (secondary N) is 1. The Morgan fingerprint density at radius 1 is 0.596 bits per heavy atom. The number of hydrogen-bond acceptors (Lipinski definition) is 8. The number of rotatable bonds is 40. The standard InChI is InChI=1S/C43H77F3NO9P/c1-3-5-7-9-11-13-15-17-19-21-23-25-27-29-31-33-40(48)53-37-39(38-55-57(51,52)54-36-35-47-42(50)43(44,45)46)56-41(49)34-32-30-28-26-24-22-20-18-16-14-12-10-8-6-4-2/h17-20,39H,3-16,21-38H2,1-2H3,(H,47,50)(H,51,52)/b19-17+,20-18+. The van der Waals surface area contributed by atoms with Crippen molar-refractivity contribution in [2.45, 2.75) is 206 Å². The predicted octanol–water partition coefficient (Wildman–Crippen LogP) is 12.3. The summed E-state index contributed by atoms with van der Waals surface area (Å²) in [5.74, 6) is -3.31. The molecule has 0 aliphatic rings. The Balaban J connectivity index is 4.51. The monoisotopic (exact) mass is 840 g/mol. The minimum atomic E-state index is -5.11. The van der Waals surface area contributed by atoms with Crippen molar-refractivity contribution in [3.05, 3.63) is 24.3 Å². The van der Waals surface area contributed by atoms with E-state index in [1.54, 1.807) is 0 Å². The van der Waals surface area contributed by atoms with Crippen LogP contribution in [-0.2, 0) is 37.5 Å². The molecule has 0 heterocycles. The van der Waals surface area contributed by atoms with Gasteiger partial charge in [-0.15, -0.1) is 0 Å². The zero-order valence-electron chi connectivity index (χ0n) is 35.3. The first-order valence-electron chi connectivity index (χ1n) is 22.0. The molecular formula is C43H77F3NO9P. The summed E-state index contributed by atoms with van der Waals surface area (Å²) < 4.78 is 69.6. The Morgan fingerprint density at radius 3 is 1.44 bits per heavy atom. The molecule has 2 atom stereocenters. The van der Waals surface area contributed by atoms with E-state index in [0.29, 0.717) is 12.8 Å². The number of halogens is 3. The Labute approximate surface area is 342 Å². The SMILES string of the molecule is CCCCCCCC/C=C/CCCCCCCC(=O)OCC(COP(=O)(O)OCCNC(=O)C(F)(F)F)OC(=O)CCCCCCC/C=C/CCCCCCCC. The maximum Gasteiger partial charge on any atom is 0.472 e. The van der Waals surface area contributed by atoms with Gasteiger partial charge in [-0.25, -0.2) is 4.57 Å². The fourth-order valence-corrected chi connectivity index (χ4v) is 6.69.